The van der Waals surface area contributed by atoms with Crippen LogP contribution in [0.5, 0.6) is 0 Å². The monoisotopic (exact) mass is 208 g/mol. The Kier molecular flexibility index (Phi) is 2.08. The quantitative estimate of drug-likeness (QED) is 0.619. The van der Waals surface area contributed by atoms with Crippen LogP contribution in [-0.2, 0) is 9.53 Å². The second-order valence-corrected chi connectivity index (χ2v) is 5.84. The van der Waals surface area contributed by atoms with Gasteiger partial charge in [0.15, 0.2) is 0 Å². The number of rotatable bonds is 1. The van der Waals surface area contributed by atoms with Crippen LogP contribution in [0.4, 0.5) is 0 Å². The van der Waals surface area contributed by atoms with Gasteiger partial charge in [-0.15, -0.1) is 0 Å². The second-order valence-electron chi connectivity index (χ2n) is 5.84. The predicted octanol–water partition coefficient (Wildman–Crippen LogP) is 2.62. The molecule has 0 N–H and O–H groups in total. The minimum absolute atomic E-state index is 0.0878. The molecule has 0 saturated heterocycles. The maximum absolute atomic E-state index is 11.0. The molecule has 84 valence electrons. The van der Waals surface area contributed by atoms with E-state index in [0.717, 1.165) is 30.1 Å². The summed E-state index contributed by atoms with van der Waals surface area (Å²) in [6.45, 7) is 3.95. The molecule has 6 unspecified atom stereocenters. The number of ether oxygens (including phenoxy) is 1. The van der Waals surface area contributed by atoms with Crippen molar-refractivity contribution >= 4 is 5.97 Å². The Bertz CT molecular complexity index is 286. The van der Waals surface area contributed by atoms with Gasteiger partial charge in [-0.2, -0.15) is 0 Å². The van der Waals surface area contributed by atoms with E-state index in [-0.39, 0.29) is 12.1 Å². The molecule has 2 nitrogen and oxygen atoms in total. The molecular weight excluding hydrogens is 188 g/mol. The van der Waals surface area contributed by atoms with Gasteiger partial charge in [-0.3, -0.25) is 4.79 Å². The molecule has 3 aliphatic carbocycles. The van der Waals surface area contributed by atoms with Crippen molar-refractivity contribution in [1.29, 1.82) is 0 Å². The molecule has 0 radical (unpaired) electrons. The summed E-state index contributed by atoms with van der Waals surface area (Å²) in [4.78, 5) is 11.0. The van der Waals surface area contributed by atoms with Gasteiger partial charge >= 0.3 is 5.97 Å². The van der Waals surface area contributed by atoms with Gasteiger partial charge in [-0.1, -0.05) is 13.3 Å². The van der Waals surface area contributed by atoms with Crippen LogP contribution in [0, 0.1) is 29.6 Å². The Morgan fingerprint density at radius 1 is 1.20 bits per heavy atom. The average Bonchev–Trinajstić information content (AvgIpc) is 2.76. The van der Waals surface area contributed by atoms with E-state index in [9.17, 15) is 4.79 Å². The zero-order valence-electron chi connectivity index (χ0n) is 9.61. The highest BCUT2D eigenvalue weighted by Gasteiger charge is 2.57. The molecule has 2 bridgehead atoms. The summed E-state index contributed by atoms with van der Waals surface area (Å²) in [5.41, 5.74) is 0. The first-order chi connectivity index (χ1) is 7.16. The summed E-state index contributed by atoms with van der Waals surface area (Å²) < 4.78 is 5.45. The summed E-state index contributed by atoms with van der Waals surface area (Å²) in [6, 6.07) is 0. The van der Waals surface area contributed by atoms with Crippen molar-refractivity contribution in [1.82, 2.24) is 0 Å². The third kappa shape index (κ3) is 1.33. The molecule has 0 heterocycles. The summed E-state index contributed by atoms with van der Waals surface area (Å²) in [5, 5.41) is 0. The Labute approximate surface area is 91.4 Å². The average molecular weight is 208 g/mol. The molecule has 6 atom stereocenters. The maximum atomic E-state index is 11.0. The van der Waals surface area contributed by atoms with E-state index in [1.165, 1.54) is 19.3 Å². The van der Waals surface area contributed by atoms with Crippen molar-refractivity contribution in [2.24, 2.45) is 29.6 Å². The van der Waals surface area contributed by atoms with E-state index in [2.05, 4.69) is 6.92 Å². The fourth-order valence-electron chi connectivity index (χ4n) is 4.76. The molecule has 0 aromatic rings. The fourth-order valence-corrected chi connectivity index (χ4v) is 4.76. The number of hydrogen-bond acceptors (Lipinski definition) is 2. The summed E-state index contributed by atoms with van der Waals surface area (Å²) in [6.07, 6.45) is 5.52. The molecule has 0 spiro atoms. The smallest absolute Gasteiger partial charge is 0.302 e. The molecule has 3 saturated carbocycles. The lowest BCUT2D eigenvalue weighted by atomic mass is 9.77. The number of carbonyl (C=O) groups excluding carboxylic acids is 1. The molecular formula is C13H20O2. The number of esters is 1. The highest BCUT2D eigenvalue weighted by molar-refractivity contribution is 5.66. The van der Waals surface area contributed by atoms with E-state index < -0.39 is 0 Å². The van der Waals surface area contributed by atoms with Crippen LogP contribution in [0.1, 0.15) is 39.5 Å². The highest BCUT2D eigenvalue weighted by atomic mass is 16.5. The van der Waals surface area contributed by atoms with Gasteiger partial charge in [0.25, 0.3) is 0 Å². The molecule has 3 fully saturated rings. The van der Waals surface area contributed by atoms with Gasteiger partial charge in [0.2, 0.25) is 0 Å². The summed E-state index contributed by atoms with van der Waals surface area (Å²) in [5.74, 6) is 4.24. The normalized spacial score (nSPS) is 51.9. The van der Waals surface area contributed by atoms with Crippen LogP contribution in [0.3, 0.4) is 0 Å². The highest BCUT2D eigenvalue weighted by Crippen LogP contribution is 2.61. The first-order valence-corrected chi connectivity index (χ1v) is 6.34. The number of fused-ring (bicyclic) bond motifs is 5. The molecule has 0 aromatic carbocycles. The van der Waals surface area contributed by atoms with Crippen LogP contribution in [-0.4, -0.2) is 12.1 Å². The van der Waals surface area contributed by atoms with Crippen LogP contribution < -0.4 is 0 Å². The van der Waals surface area contributed by atoms with Crippen molar-refractivity contribution in [2.75, 3.05) is 0 Å². The van der Waals surface area contributed by atoms with Crippen LogP contribution in [0.2, 0.25) is 0 Å². The van der Waals surface area contributed by atoms with E-state index in [1.807, 2.05) is 0 Å². The third-order valence-electron chi connectivity index (χ3n) is 5.11. The lowest BCUT2D eigenvalue weighted by Crippen LogP contribution is -2.32. The molecule has 3 rings (SSSR count). The molecule has 15 heavy (non-hydrogen) atoms. The topological polar surface area (TPSA) is 26.3 Å². The van der Waals surface area contributed by atoms with Gasteiger partial charge in [-0.05, 0) is 48.9 Å². The van der Waals surface area contributed by atoms with Crippen molar-refractivity contribution in [3.63, 3.8) is 0 Å². The molecule has 2 heteroatoms. The minimum Gasteiger partial charge on any atom is -0.462 e. The first kappa shape index (κ1) is 9.68. The molecule has 3 aliphatic rings. The van der Waals surface area contributed by atoms with Gasteiger partial charge in [0.05, 0.1) is 0 Å². The van der Waals surface area contributed by atoms with E-state index in [4.69, 9.17) is 4.74 Å². The Morgan fingerprint density at radius 3 is 2.73 bits per heavy atom. The van der Waals surface area contributed by atoms with E-state index >= 15 is 0 Å². The standard InChI is InChI=1S/C13H20O2/c1-7-3-4-10-11-5-9(13(7)10)6-12(11)15-8(2)14/h7,9-13H,3-6H2,1-2H3. The lowest BCUT2D eigenvalue weighted by Gasteiger charge is -2.32. The van der Waals surface area contributed by atoms with Crippen molar-refractivity contribution in [3.05, 3.63) is 0 Å². The maximum Gasteiger partial charge on any atom is 0.302 e. The summed E-state index contributed by atoms with van der Waals surface area (Å²) >= 11 is 0. The first-order valence-electron chi connectivity index (χ1n) is 6.34. The largest absolute Gasteiger partial charge is 0.462 e. The van der Waals surface area contributed by atoms with Gasteiger partial charge in [0.1, 0.15) is 6.10 Å². The van der Waals surface area contributed by atoms with Crippen LogP contribution in [0.15, 0.2) is 0 Å². The Balaban J connectivity index is 1.75. The van der Waals surface area contributed by atoms with Gasteiger partial charge < -0.3 is 4.74 Å². The lowest BCUT2D eigenvalue weighted by molar-refractivity contribution is -0.150. The van der Waals surface area contributed by atoms with Gasteiger partial charge in [-0.25, -0.2) is 0 Å². The Morgan fingerprint density at radius 2 is 2.00 bits per heavy atom. The molecule has 0 aromatic heterocycles. The minimum atomic E-state index is -0.0878. The van der Waals surface area contributed by atoms with Gasteiger partial charge in [0, 0.05) is 6.92 Å². The zero-order valence-corrected chi connectivity index (χ0v) is 9.61. The van der Waals surface area contributed by atoms with Crippen molar-refractivity contribution in [3.8, 4) is 0 Å². The number of hydrogen-bond donors (Lipinski definition) is 0. The number of carbonyl (C=O) groups is 1. The van der Waals surface area contributed by atoms with E-state index in [0.29, 0.717) is 5.92 Å². The third-order valence-corrected chi connectivity index (χ3v) is 5.11. The zero-order chi connectivity index (χ0) is 10.6. The second kappa shape index (κ2) is 3.23. The summed E-state index contributed by atoms with van der Waals surface area (Å²) in [7, 11) is 0. The van der Waals surface area contributed by atoms with Crippen LogP contribution >= 0.6 is 0 Å². The molecule has 0 amide bonds. The molecule has 0 aliphatic heterocycles. The van der Waals surface area contributed by atoms with Crippen molar-refractivity contribution < 1.29 is 9.53 Å². The van der Waals surface area contributed by atoms with Crippen molar-refractivity contribution in [2.45, 2.75) is 45.6 Å². The van der Waals surface area contributed by atoms with E-state index in [1.54, 1.807) is 6.92 Å². The fraction of sp³-hybridized carbons (Fsp3) is 0.923. The van der Waals surface area contributed by atoms with Crippen LogP contribution in [0.25, 0.3) is 0 Å². The predicted molar refractivity (Wildman–Crippen MR) is 57.1 cm³/mol. The Hall–Kier alpha value is -0.530. The SMILES string of the molecule is CC(=O)OC1CC2CC1C1CCC(C)C21.